The molecule has 1 aliphatic heterocycles. The number of nitrogens with zero attached hydrogens (tertiary/aromatic N) is 1. The molecule has 0 bridgehead atoms. The topological polar surface area (TPSA) is 63.0 Å². The molecular formula is C22H17NO5. The second-order valence-electron chi connectivity index (χ2n) is 6.31. The van der Waals surface area contributed by atoms with Gasteiger partial charge in [-0.25, -0.2) is 4.98 Å². The fraction of sp³-hybridized carbons (Fsp3) is 0.136. The predicted octanol–water partition coefficient (Wildman–Crippen LogP) is 4.91. The summed E-state index contributed by atoms with van der Waals surface area (Å²) >= 11 is 0. The second-order valence-corrected chi connectivity index (χ2v) is 6.31. The third kappa shape index (κ3) is 2.62. The Labute approximate surface area is 161 Å². The molecule has 6 heteroatoms. The number of hydrogen-bond acceptors (Lipinski definition) is 6. The average Bonchev–Trinajstić information content (AvgIpc) is 3.38. The van der Waals surface area contributed by atoms with E-state index in [2.05, 4.69) is 4.98 Å². The van der Waals surface area contributed by atoms with Gasteiger partial charge >= 0.3 is 0 Å². The van der Waals surface area contributed by atoms with Crippen LogP contribution in [-0.2, 0) is 0 Å². The van der Waals surface area contributed by atoms with Crippen molar-refractivity contribution in [1.82, 2.24) is 4.98 Å². The second kappa shape index (κ2) is 6.49. The first-order valence-electron chi connectivity index (χ1n) is 8.79. The molecule has 1 aliphatic rings. The molecule has 0 saturated carbocycles. The molecule has 2 heterocycles. The lowest BCUT2D eigenvalue weighted by Crippen LogP contribution is -1.93. The zero-order valence-corrected chi connectivity index (χ0v) is 15.4. The molecule has 0 fully saturated rings. The first-order valence-corrected chi connectivity index (χ1v) is 8.79. The number of benzene rings is 3. The lowest BCUT2D eigenvalue weighted by molar-refractivity contribution is 0.174. The van der Waals surface area contributed by atoms with Gasteiger partial charge in [0.05, 0.1) is 19.8 Å². The SMILES string of the molecule is COc1cccc(-c2nc3ccc(-c4ccc5c(c4)OCO5)cc3o2)c1OC. The number of hydrogen-bond donors (Lipinski definition) is 0. The smallest absolute Gasteiger partial charge is 0.231 e. The summed E-state index contributed by atoms with van der Waals surface area (Å²) < 4.78 is 27.8. The zero-order chi connectivity index (χ0) is 19.1. The first kappa shape index (κ1) is 16.5. The van der Waals surface area contributed by atoms with Gasteiger partial charge in [-0.15, -0.1) is 0 Å². The van der Waals surface area contributed by atoms with Crippen LogP contribution in [0, 0.1) is 0 Å². The largest absolute Gasteiger partial charge is 0.493 e. The van der Waals surface area contributed by atoms with Crippen LogP contribution in [0.15, 0.2) is 59.0 Å². The molecule has 0 radical (unpaired) electrons. The highest BCUT2D eigenvalue weighted by atomic mass is 16.7. The maximum Gasteiger partial charge on any atom is 0.231 e. The molecule has 0 aliphatic carbocycles. The van der Waals surface area contributed by atoms with Crippen molar-refractivity contribution >= 4 is 11.1 Å². The monoisotopic (exact) mass is 375 g/mol. The molecular weight excluding hydrogens is 358 g/mol. The fourth-order valence-electron chi connectivity index (χ4n) is 3.35. The minimum atomic E-state index is 0.256. The van der Waals surface area contributed by atoms with Gasteiger partial charge in [0.15, 0.2) is 28.6 Å². The predicted molar refractivity (Wildman–Crippen MR) is 104 cm³/mol. The molecule has 0 spiro atoms. The van der Waals surface area contributed by atoms with Crippen molar-refractivity contribution < 1.29 is 23.4 Å². The highest BCUT2D eigenvalue weighted by Gasteiger charge is 2.18. The summed E-state index contributed by atoms with van der Waals surface area (Å²) in [5.41, 5.74) is 4.22. The van der Waals surface area contributed by atoms with Crippen molar-refractivity contribution in [2.24, 2.45) is 0 Å². The third-order valence-corrected chi connectivity index (χ3v) is 4.73. The van der Waals surface area contributed by atoms with Crippen LogP contribution >= 0.6 is 0 Å². The highest BCUT2D eigenvalue weighted by molar-refractivity contribution is 5.83. The minimum Gasteiger partial charge on any atom is -0.493 e. The van der Waals surface area contributed by atoms with Gasteiger partial charge in [-0.1, -0.05) is 18.2 Å². The molecule has 1 aromatic heterocycles. The summed E-state index contributed by atoms with van der Waals surface area (Å²) in [5.74, 6) is 3.21. The summed E-state index contributed by atoms with van der Waals surface area (Å²) in [6, 6.07) is 17.4. The van der Waals surface area contributed by atoms with Gasteiger partial charge in [-0.3, -0.25) is 0 Å². The number of oxazole rings is 1. The van der Waals surface area contributed by atoms with Crippen LogP contribution in [0.4, 0.5) is 0 Å². The van der Waals surface area contributed by atoms with Crippen molar-refractivity contribution in [2.45, 2.75) is 0 Å². The minimum absolute atomic E-state index is 0.256. The number of para-hydroxylation sites is 1. The first-order chi connectivity index (χ1) is 13.8. The van der Waals surface area contributed by atoms with E-state index in [1.165, 1.54) is 0 Å². The van der Waals surface area contributed by atoms with E-state index in [0.717, 1.165) is 33.7 Å². The third-order valence-electron chi connectivity index (χ3n) is 4.73. The van der Waals surface area contributed by atoms with Gasteiger partial charge in [0, 0.05) is 0 Å². The van der Waals surface area contributed by atoms with Gasteiger partial charge in [0.1, 0.15) is 5.52 Å². The van der Waals surface area contributed by atoms with Crippen molar-refractivity contribution in [3.63, 3.8) is 0 Å². The molecule has 0 N–H and O–H groups in total. The van der Waals surface area contributed by atoms with Crippen LogP contribution in [0.2, 0.25) is 0 Å². The van der Waals surface area contributed by atoms with E-state index in [1.54, 1.807) is 14.2 Å². The molecule has 140 valence electrons. The van der Waals surface area contributed by atoms with Gasteiger partial charge in [-0.2, -0.15) is 0 Å². The van der Waals surface area contributed by atoms with E-state index >= 15 is 0 Å². The molecule has 6 nitrogen and oxygen atoms in total. The van der Waals surface area contributed by atoms with Gasteiger partial charge < -0.3 is 23.4 Å². The normalized spacial score (nSPS) is 12.4. The maximum atomic E-state index is 6.05. The summed E-state index contributed by atoms with van der Waals surface area (Å²) in [7, 11) is 3.20. The van der Waals surface area contributed by atoms with Gasteiger partial charge in [0.2, 0.25) is 12.7 Å². The average molecular weight is 375 g/mol. The molecule has 5 rings (SSSR count). The molecule has 0 saturated heterocycles. The Morgan fingerprint density at radius 1 is 0.857 bits per heavy atom. The zero-order valence-electron chi connectivity index (χ0n) is 15.4. The molecule has 0 unspecified atom stereocenters. The van der Waals surface area contributed by atoms with E-state index in [4.69, 9.17) is 23.4 Å². The van der Waals surface area contributed by atoms with Crippen molar-refractivity contribution in [1.29, 1.82) is 0 Å². The summed E-state index contributed by atoms with van der Waals surface area (Å²) in [6.45, 7) is 0.256. The van der Waals surface area contributed by atoms with Crippen molar-refractivity contribution in [2.75, 3.05) is 21.0 Å². The van der Waals surface area contributed by atoms with Crippen LogP contribution < -0.4 is 18.9 Å². The number of ether oxygens (including phenoxy) is 4. The van der Waals surface area contributed by atoms with E-state index in [9.17, 15) is 0 Å². The Morgan fingerprint density at radius 3 is 2.54 bits per heavy atom. The van der Waals surface area contributed by atoms with Crippen LogP contribution in [0.25, 0.3) is 33.7 Å². The Morgan fingerprint density at radius 2 is 1.68 bits per heavy atom. The summed E-state index contributed by atoms with van der Waals surface area (Å²) in [5, 5.41) is 0. The van der Waals surface area contributed by atoms with E-state index in [1.807, 2.05) is 54.6 Å². The number of methoxy groups -OCH3 is 2. The van der Waals surface area contributed by atoms with Crippen LogP contribution in [0.3, 0.4) is 0 Å². The highest BCUT2D eigenvalue weighted by Crippen LogP contribution is 2.40. The number of aromatic nitrogens is 1. The molecule has 4 aromatic rings. The Bertz CT molecular complexity index is 1180. The van der Waals surface area contributed by atoms with Crippen LogP contribution in [0.1, 0.15) is 0 Å². The van der Waals surface area contributed by atoms with E-state index in [0.29, 0.717) is 23.0 Å². The Kier molecular flexibility index (Phi) is 3.83. The van der Waals surface area contributed by atoms with Crippen molar-refractivity contribution in [3.05, 3.63) is 54.6 Å². The summed E-state index contributed by atoms with van der Waals surface area (Å²) in [6.07, 6.45) is 0. The lowest BCUT2D eigenvalue weighted by Gasteiger charge is -2.09. The standard InChI is InChI=1S/C22H17NO5/c1-24-18-5-3-4-15(21(18)25-2)22-23-16-8-6-13(10-19(16)28-22)14-7-9-17-20(11-14)27-12-26-17/h3-11H,12H2,1-2H3. The lowest BCUT2D eigenvalue weighted by atomic mass is 10.0. The molecule has 0 atom stereocenters. The Hall–Kier alpha value is -3.67. The number of rotatable bonds is 4. The van der Waals surface area contributed by atoms with Crippen molar-refractivity contribution in [3.8, 4) is 45.6 Å². The Balaban J connectivity index is 1.58. The van der Waals surface area contributed by atoms with E-state index in [-0.39, 0.29) is 6.79 Å². The molecule has 0 amide bonds. The quantitative estimate of drug-likeness (QED) is 0.505. The van der Waals surface area contributed by atoms with Gasteiger partial charge in [0.25, 0.3) is 0 Å². The molecule has 3 aromatic carbocycles. The fourth-order valence-corrected chi connectivity index (χ4v) is 3.35. The molecule has 28 heavy (non-hydrogen) atoms. The number of fused-ring (bicyclic) bond motifs is 2. The van der Waals surface area contributed by atoms with Crippen LogP contribution in [0.5, 0.6) is 23.0 Å². The summed E-state index contributed by atoms with van der Waals surface area (Å²) in [4.78, 5) is 4.61. The van der Waals surface area contributed by atoms with Crippen LogP contribution in [-0.4, -0.2) is 26.0 Å². The van der Waals surface area contributed by atoms with Gasteiger partial charge in [-0.05, 0) is 47.5 Å². The maximum absolute atomic E-state index is 6.05. The van der Waals surface area contributed by atoms with E-state index < -0.39 is 0 Å².